The third kappa shape index (κ3) is 6.63. The Hall–Kier alpha value is -2.82. The Labute approximate surface area is 174 Å². The summed E-state index contributed by atoms with van der Waals surface area (Å²) in [6.07, 6.45) is 1.23. The Morgan fingerprint density at radius 3 is 2.24 bits per heavy atom. The van der Waals surface area contributed by atoms with Crippen LogP contribution in [0.3, 0.4) is 0 Å². The lowest BCUT2D eigenvalue weighted by Crippen LogP contribution is -2.50. The molecule has 0 aromatic heterocycles. The van der Waals surface area contributed by atoms with Gasteiger partial charge in [0.1, 0.15) is 11.8 Å². The summed E-state index contributed by atoms with van der Waals surface area (Å²) < 4.78 is 5.72. The van der Waals surface area contributed by atoms with E-state index in [-0.39, 0.29) is 18.4 Å². The number of hydrogen-bond acceptors (Lipinski definition) is 3. The van der Waals surface area contributed by atoms with Gasteiger partial charge in [-0.05, 0) is 42.0 Å². The Kier molecular flexibility index (Phi) is 8.71. The summed E-state index contributed by atoms with van der Waals surface area (Å²) in [4.78, 5) is 26.9. The maximum Gasteiger partial charge on any atom is 0.261 e. The third-order valence-electron chi connectivity index (χ3n) is 5.03. The fourth-order valence-electron chi connectivity index (χ4n) is 3.24. The Bertz CT molecular complexity index is 772. The first-order valence-corrected chi connectivity index (χ1v) is 10.2. The highest BCUT2D eigenvalue weighted by atomic mass is 16.5. The van der Waals surface area contributed by atoms with Crippen LogP contribution < -0.4 is 10.1 Å². The van der Waals surface area contributed by atoms with E-state index in [0.29, 0.717) is 31.1 Å². The first kappa shape index (κ1) is 22.5. The lowest BCUT2D eigenvalue weighted by atomic mass is 10.0. The zero-order valence-electron chi connectivity index (χ0n) is 17.9. The van der Waals surface area contributed by atoms with Gasteiger partial charge in [0.2, 0.25) is 5.91 Å². The molecule has 0 radical (unpaired) electrons. The van der Waals surface area contributed by atoms with E-state index in [1.54, 1.807) is 11.9 Å². The number of rotatable bonds is 10. The first-order chi connectivity index (χ1) is 14.0. The van der Waals surface area contributed by atoms with Crippen molar-refractivity contribution in [1.29, 1.82) is 0 Å². The van der Waals surface area contributed by atoms with E-state index >= 15 is 0 Å². The molecule has 2 aromatic carbocycles. The summed E-state index contributed by atoms with van der Waals surface area (Å²) >= 11 is 0. The van der Waals surface area contributed by atoms with Crippen molar-refractivity contribution in [1.82, 2.24) is 10.2 Å². The fraction of sp³-hybridized carbons (Fsp3) is 0.417. The minimum Gasteiger partial charge on any atom is -0.484 e. The van der Waals surface area contributed by atoms with Crippen molar-refractivity contribution in [2.75, 3.05) is 20.2 Å². The number of carbonyl (C=O) groups is 2. The Balaban J connectivity index is 2.07. The first-order valence-electron chi connectivity index (χ1n) is 10.2. The lowest BCUT2D eigenvalue weighted by Gasteiger charge is -2.30. The summed E-state index contributed by atoms with van der Waals surface area (Å²) in [5.41, 5.74) is 2.35. The summed E-state index contributed by atoms with van der Waals surface area (Å²) in [6, 6.07) is 17.2. The maximum absolute atomic E-state index is 13.0. The van der Waals surface area contributed by atoms with E-state index in [4.69, 9.17) is 4.74 Å². The van der Waals surface area contributed by atoms with E-state index in [1.807, 2.05) is 61.5 Å². The second-order valence-electron chi connectivity index (χ2n) is 7.37. The predicted octanol–water partition coefficient (Wildman–Crippen LogP) is 3.78. The van der Waals surface area contributed by atoms with Crippen LogP contribution in [0.4, 0.5) is 0 Å². The summed E-state index contributed by atoms with van der Waals surface area (Å²) in [6.45, 7) is 6.54. The van der Waals surface area contributed by atoms with Crippen molar-refractivity contribution in [3.05, 3.63) is 65.7 Å². The topological polar surface area (TPSA) is 58.6 Å². The SMILES string of the molecule is CCC(C(=O)NC)N(CCc1ccccc1)C(=O)COc1ccc(C(C)C)cc1. The second kappa shape index (κ2) is 11.2. The summed E-state index contributed by atoms with van der Waals surface area (Å²) in [5.74, 6) is 0.746. The van der Waals surface area contributed by atoms with Crippen LogP contribution in [-0.2, 0) is 16.0 Å². The van der Waals surface area contributed by atoms with E-state index in [9.17, 15) is 9.59 Å². The van der Waals surface area contributed by atoms with Crippen molar-refractivity contribution >= 4 is 11.8 Å². The molecule has 29 heavy (non-hydrogen) atoms. The van der Waals surface area contributed by atoms with Gasteiger partial charge >= 0.3 is 0 Å². The van der Waals surface area contributed by atoms with Crippen LogP contribution in [0.15, 0.2) is 54.6 Å². The number of carbonyl (C=O) groups excluding carboxylic acids is 2. The molecule has 1 N–H and O–H groups in total. The molecule has 1 unspecified atom stereocenters. The molecule has 0 aliphatic heterocycles. The van der Waals surface area contributed by atoms with Gasteiger partial charge in [-0.2, -0.15) is 0 Å². The highest BCUT2D eigenvalue weighted by Gasteiger charge is 2.27. The van der Waals surface area contributed by atoms with Gasteiger partial charge < -0.3 is 15.0 Å². The van der Waals surface area contributed by atoms with E-state index in [1.165, 1.54) is 5.56 Å². The minimum absolute atomic E-state index is 0.0939. The molecule has 0 aliphatic rings. The Morgan fingerprint density at radius 2 is 1.69 bits per heavy atom. The highest BCUT2D eigenvalue weighted by Crippen LogP contribution is 2.19. The molecule has 1 atom stereocenters. The van der Waals surface area contributed by atoms with Crippen molar-refractivity contribution in [2.45, 2.75) is 45.6 Å². The lowest BCUT2D eigenvalue weighted by molar-refractivity contribution is -0.142. The molecule has 0 spiro atoms. The molecule has 156 valence electrons. The second-order valence-corrected chi connectivity index (χ2v) is 7.37. The van der Waals surface area contributed by atoms with Crippen LogP contribution in [0.1, 0.15) is 44.2 Å². The number of ether oxygens (including phenoxy) is 1. The zero-order valence-corrected chi connectivity index (χ0v) is 17.9. The number of nitrogens with one attached hydrogen (secondary N) is 1. The standard InChI is InChI=1S/C24H32N2O3/c1-5-22(24(28)25-4)26(16-15-19-9-7-6-8-10-19)23(27)17-29-21-13-11-20(12-14-21)18(2)3/h6-14,18,22H,5,15-17H2,1-4H3,(H,25,28). The van der Waals surface area contributed by atoms with E-state index in [2.05, 4.69) is 19.2 Å². The molecule has 0 fully saturated rings. The van der Waals surface area contributed by atoms with Crippen LogP contribution in [-0.4, -0.2) is 43.0 Å². The molecule has 0 bridgehead atoms. The molecular formula is C24H32N2O3. The van der Waals surface area contributed by atoms with E-state index in [0.717, 1.165) is 5.56 Å². The molecule has 2 rings (SSSR count). The highest BCUT2D eigenvalue weighted by molar-refractivity contribution is 5.88. The number of benzene rings is 2. The average molecular weight is 397 g/mol. The summed E-state index contributed by atoms with van der Waals surface area (Å²) in [5, 5.41) is 2.67. The van der Waals surface area contributed by atoms with Gasteiger partial charge in [-0.25, -0.2) is 0 Å². The molecule has 2 aromatic rings. The molecule has 5 heteroatoms. The maximum atomic E-state index is 13.0. The minimum atomic E-state index is -0.511. The largest absolute Gasteiger partial charge is 0.484 e. The van der Waals surface area contributed by atoms with Crippen molar-refractivity contribution in [3.8, 4) is 5.75 Å². The van der Waals surface area contributed by atoms with Gasteiger partial charge in [0.25, 0.3) is 5.91 Å². The van der Waals surface area contributed by atoms with Gasteiger partial charge in [0, 0.05) is 13.6 Å². The van der Waals surface area contributed by atoms with Crippen molar-refractivity contribution in [2.24, 2.45) is 0 Å². The van der Waals surface area contributed by atoms with Crippen molar-refractivity contribution in [3.63, 3.8) is 0 Å². The molecule has 0 saturated carbocycles. The van der Waals surface area contributed by atoms with E-state index < -0.39 is 6.04 Å². The fourth-order valence-corrected chi connectivity index (χ4v) is 3.24. The van der Waals surface area contributed by atoms with Gasteiger partial charge in [-0.15, -0.1) is 0 Å². The van der Waals surface area contributed by atoms with Crippen molar-refractivity contribution < 1.29 is 14.3 Å². The number of nitrogens with zero attached hydrogens (tertiary/aromatic N) is 1. The van der Waals surface area contributed by atoms with Crippen LogP contribution in [0.5, 0.6) is 5.75 Å². The van der Waals surface area contributed by atoms with Gasteiger partial charge in [0.05, 0.1) is 0 Å². The molecular weight excluding hydrogens is 364 g/mol. The normalized spacial score (nSPS) is 11.8. The quantitative estimate of drug-likeness (QED) is 0.665. The average Bonchev–Trinajstić information content (AvgIpc) is 2.75. The Morgan fingerprint density at radius 1 is 1.03 bits per heavy atom. The third-order valence-corrected chi connectivity index (χ3v) is 5.03. The van der Waals surface area contributed by atoms with Gasteiger partial charge in [-0.3, -0.25) is 9.59 Å². The van der Waals surface area contributed by atoms with Gasteiger partial charge in [0.15, 0.2) is 6.61 Å². The number of likely N-dealkylation sites (N-methyl/N-ethyl adjacent to an activating group) is 1. The molecule has 0 aliphatic carbocycles. The molecule has 5 nitrogen and oxygen atoms in total. The van der Waals surface area contributed by atoms with Crippen LogP contribution in [0.25, 0.3) is 0 Å². The van der Waals surface area contributed by atoms with Crippen LogP contribution >= 0.6 is 0 Å². The molecule has 0 saturated heterocycles. The zero-order chi connectivity index (χ0) is 21.2. The van der Waals surface area contributed by atoms with Crippen LogP contribution in [0.2, 0.25) is 0 Å². The summed E-state index contributed by atoms with van der Waals surface area (Å²) in [7, 11) is 1.59. The number of amides is 2. The molecule has 0 heterocycles. The molecule has 2 amide bonds. The smallest absolute Gasteiger partial charge is 0.261 e. The number of hydrogen-bond donors (Lipinski definition) is 1. The van der Waals surface area contributed by atoms with Crippen LogP contribution in [0, 0.1) is 0 Å². The monoisotopic (exact) mass is 396 g/mol. The van der Waals surface area contributed by atoms with Gasteiger partial charge in [-0.1, -0.05) is 63.2 Å². The predicted molar refractivity (Wildman–Crippen MR) is 116 cm³/mol.